The fraction of sp³-hybridized carbons (Fsp3) is 0.333. The predicted molar refractivity (Wildman–Crippen MR) is 74.8 cm³/mol. The van der Waals surface area contributed by atoms with E-state index in [1.165, 1.54) is 23.0 Å². The average molecular weight is 275 g/mol. The zero-order valence-electron chi connectivity index (χ0n) is 11.8. The van der Waals surface area contributed by atoms with E-state index in [1.54, 1.807) is 24.5 Å². The summed E-state index contributed by atoms with van der Waals surface area (Å²) < 4.78 is 14.4. The molecule has 0 spiro atoms. The molecule has 1 heterocycles. The highest BCUT2D eigenvalue weighted by Crippen LogP contribution is 2.32. The lowest BCUT2D eigenvalue weighted by Gasteiger charge is -2.31. The summed E-state index contributed by atoms with van der Waals surface area (Å²) in [5.41, 5.74) is 0.668. The van der Waals surface area contributed by atoms with Crippen LogP contribution in [-0.2, 0) is 0 Å². The van der Waals surface area contributed by atoms with Gasteiger partial charge in [0.05, 0.1) is 6.04 Å². The predicted octanol–water partition coefficient (Wildman–Crippen LogP) is 3.37. The van der Waals surface area contributed by atoms with E-state index in [0.29, 0.717) is 0 Å². The summed E-state index contributed by atoms with van der Waals surface area (Å²) in [5, 5.41) is 2.96. The van der Waals surface area contributed by atoms with Crippen LogP contribution in [0.15, 0.2) is 43.0 Å². The van der Waals surface area contributed by atoms with Crippen molar-refractivity contribution in [1.82, 2.24) is 14.9 Å². The van der Waals surface area contributed by atoms with Gasteiger partial charge in [-0.15, -0.1) is 0 Å². The second-order valence-corrected chi connectivity index (χ2v) is 5.77. The number of rotatable bonds is 2. The third kappa shape index (κ3) is 3.23. The van der Waals surface area contributed by atoms with Crippen molar-refractivity contribution >= 4 is 6.03 Å². The van der Waals surface area contributed by atoms with Gasteiger partial charge in [-0.05, 0) is 23.1 Å². The van der Waals surface area contributed by atoms with Crippen molar-refractivity contribution in [1.29, 1.82) is 0 Å². The molecule has 0 aliphatic carbocycles. The van der Waals surface area contributed by atoms with Crippen LogP contribution in [0.4, 0.5) is 9.18 Å². The molecule has 0 bridgehead atoms. The highest BCUT2D eigenvalue weighted by atomic mass is 19.1. The maximum Gasteiger partial charge on any atom is 0.327 e. The molecule has 2 aromatic rings. The van der Waals surface area contributed by atoms with Crippen LogP contribution < -0.4 is 5.32 Å². The smallest absolute Gasteiger partial charge is 0.327 e. The molecular formula is C15H18FN3O. The van der Waals surface area contributed by atoms with Crippen LogP contribution >= 0.6 is 0 Å². The number of carbonyl (C=O) groups excluding carboxylic acids is 1. The number of nitrogens with zero attached hydrogens (tertiary/aromatic N) is 2. The second-order valence-electron chi connectivity index (χ2n) is 5.77. The molecule has 2 rings (SSSR count). The van der Waals surface area contributed by atoms with Crippen molar-refractivity contribution in [2.75, 3.05) is 0 Å². The van der Waals surface area contributed by atoms with E-state index in [9.17, 15) is 9.18 Å². The molecule has 1 amide bonds. The molecule has 20 heavy (non-hydrogen) atoms. The number of amides is 1. The Morgan fingerprint density at radius 2 is 1.95 bits per heavy atom. The maximum absolute atomic E-state index is 13.0. The van der Waals surface area contributed by atoms with Crippen LogP contribution in [0.3, 0.4) is 0 Å². The first kappa shape index (κ1) is 14.2. The van der Waals surface area contributed by atoms with Crippen molar-refractivity contribution in [3.63, 3.8) is 0 Å². The van der Waals surface area contributed by atoms with Crippen molar-refractivity contribution in [2.24, 2.45) is 5.41 Å². The Morgan fingerprint density at radius 3 is 2.45 bits per heavy atom. The van der Waals surface area contributed by atoms with Gasteiger partial charge in [0.15, 0.2) is 0 Å². The first-order valence-electron chi connectivity index (χ1n) is 6.42. The van der Waals surface area contributed by atoms with Crippen LogP contribution in [0.1, 0.15) is 32.4 Å². The number of nitrogens with one attached hydrogen (secondary N) is 1. The van der Waals surface area contributed by atoms with Crippen LogP contribution in [0, 0.1) is 11.2 Å². The van der Waals surface area contributed by atoms with Crippen LogP contribution in [0.2, 0.25) is 0 Å². The van der Waals surface area contributed by atoms with E-state index < -0.39 is 0 Å². The molecule has 106 valence electrons. The lowest BCUT2D eigenvalue weighted by atomic mass is 9.82. The van der Waals surface area contributed by atoms with E-state index in [4.69, 9.17) is 0 Å². The van der Waals surface area contributed by atoms with E-state index >= 15 is 0 Å². The van der Waals surface area contributed by atoms with Gasteiger partial charge in [-0.25, -0.2) is 14.2 Å². The van der Waals surface area contributed by atoms with E-state index in [1.807, 2.05) is 20.8 Å². The summed E-state index contributed by atoms with van der Waals surface area (Å²) in [6.45, 7) is 6.07. The Balaban J connectivity index is 2.25. The highest BCUT2D eigenvalue weighted by Gasteiger charge is 2.28. The summed E-state index contributed by atoms with van der Waals surface area (Å²) in [4.78, 5) is 16.0. The van der Waals surface area contributed by atoms with Gasteiger partial charge in [0.25, 0.3) is 0 Å². The normalized spacial score (nSPS) is 13.0. The molecule has 0 saturated carbocycles. The van der Waals surface area contributed by atoms with Gasteiger partial charge in [-0.3, -0.25) is 4.57 Å². The lowest BCUT2D eigenvalue weighted by Crippen LogP contribution is -2.38. The topological polar surface area (TPSA) is 46.9 Å². The zero-order valence-corrected chi connectivity index (χ0v) is 11.8. The zero-order chi connectivity index (χ0) is 14.8. The fourth-order valence-electron chi connectivity index (χ4n) is 2.03. The van der Waals surface area contributed by atoms with E-state index in [-0.39, 0.29) is 23.3 Å². The van der Waals surface area contributed by atoms with Crippen molar-refractivity contribution in [3.8, 4) is 0 Å². The molecule has 0 saturated heterocycles. The third-order valence-corrected chi connectivity index (χ3v) is 3.08. The molecule has 4 nitrogen and oxygen atoms in total. The molecule has 5 heteroatoms. The molecule has 0 aliphatic heterocycles. The molecule has 0 radical (unpaired) electrons. The molecule has 1 aromatic carbocycles. The monoisotopic (exact) mass is 275 g/mol. The number of carbonyl (C=O) groups is 1. The van der Waals surface area contributed by atoms with Gasteiger partial charge in [-0.2, -0.15) is 0 Å². The highest BCUT2D eigenvalue weighted by molar-refractivity contribution is 5.77. The van der Waals surface area contributed by atoms with Crippen LogP contribution in [0.25, 0.3) is 0 Å². The van der Waals surface area contributed by atoms with Gasteiger partial charge in [0, 0.05) is 12.4 Å². The quantitative estimate of drug-likeness (QED) is 0.913. The number of halogens is 1. The Bertz CT molecular complexity index is 570. The fourth-order valence-corrected chi connectivity index (χ4v) is 2.03. The van der Waals surface area contributed by atoms with Gasteiger partial charge in [0.2, 0.25) is 0 Å². The molecular weight excluding hydrogens is 257 g/mol. The maximum atomic E-state index is 13.0. The number of hydrogen-bond acceptors (Lipinski definition) is 2. The molecule has 0 aliphatic rings. The standard InChI is InChI=1S/C15H18FN3O/c1-15(2,3)13(11-4-6-12(16)7-5-11)18-14(20)19-9-8-17-10-19/h4-10,13H,1-3H3,(H,18,20). The van der Waals surface area contributed by atoms with E-state index in [0.717, 1.165) is 5.56 Å². The summed E-state index contributed by atoms with van der Waals surface area (Å²) in [7, 11) is 0. The first-order chi connectivity index (χ1) is 9.38. The molecule has 1 N–H and O–H groups in total. The Morgan fingerprint density at radius 1 is 1.30 bits per heavy atom. The average Bonchev–Trinajstić information content (AvgIpc) is 2.89. The van der Waals surface area contributed by atoms with Gasteiger partial charge in [0.1, 0.15) is 12.1 Å². The number of hydrogen-bond donors (Lipinski definition) is 1. The van der Waals surface area contributed by atoms with Gasteiger partial charge in [-0.1, -0.05) is 32.9 Å². The lowest BCUT2D eigenvalue weighted by molar-refractivity contribution is 0.220. The summed E-state index contributed by atoms with van der Waals surface area (Å²) in [5.74, 6) is -0.289. The Hall–Kier alpha value is -2.17. The van der Waals surface area contributed by atoms with Crippen molar-refractivity contribution < 1.29 is 9.18 Å². The SMILES string of the molecule is CC(C)(C)C(NC(=O)n1ccnc1)c1ccc(F)cc1. The first-order valence-corrected chi connectivity index (χ1v) is 6.42. The number of imidazole rings is 1. The minimum atomic E-state index is -0.289. The second kappa shape index (κ2) is 5.45. The van der Waals surface area contributed by atoms with Crippen molar-refractivity contribution in [2.45, 2.75) is 26.8 Å². The Labute approximate surface area is 117 Å². The molecule has 1 atom stereocenters. The number of aromatic nitrogens is 2. The van der Waals surface area contributed by atoms with Gasteiger partial charge >= 0.3 is 6.03 Å². The largest absolute Gasteiger partial charge is 0.330 e. The number of benzene rings is 1. The molecule has 1 unspecified atom stereocenters. The Kier molecular flexibility index (Phi) is 3.88. The van der Waals surface area contributed by atoms with Crippen LogP contribution in [-0.4, -0.2) is 15.6 Å². The summed E-state index contributed by atoms with van der Waals surface area (Å²) in [6.07, 6.45) is 4.57. The minimum Gasteiger partial charge on any atom is -0.330 e. The molecule has 1 aromatic heterocycles. The third-order valence-electron chi connectivity index (χ3n) is 3.08. The summed E-state index contributed by atoms with van der Waals surface area (Å²) >= 11 is 0. The van der Waals surface area contributed by atoms with E-state index in [2.05, 4.69) is 10.3 Å². The van der Waals surface area contributed by atoms with Crippen molar-refractivity contribution in [3.05, 3.63) is 54.4 Å². The van der Waals surface area contributed by atoms with Gasteiger partial charge < -0.3 is 5.32 Å². The molecule has 0 fully saturated rings. The summed E-state index contributed by atoms with van der Waals surface area (Å²) in [6, 6.07) is 5.71. The van der Waals surface area contributed by atoms with Crippen LogP contribution in [0.5, 0.6) is 0 Å². The minimum absolute atomic E-state index is 0.200.